The highest BCUT2D eigenvalue weighted by atomic mass is 19.2. The van der Waals surface area contributed by atoms with E-state index in [0.29, 0.717) is 12.2 Å². The summed E-state index contributed by atoms with van der Waals surface area (Å²) in [5.74, 6) is -2.10. The van der Waals surface area contributed by atoms with E-state index in [9.17, 15) is 13.6 Å². The predicted octanol–water partition coefficient (Wildman–Crippen LogP) is 2.52. The van der Waals surface area contributed by atoms with E-state index in [4.69, 9.17) is 4.74 Å². The summed E-state index contributed by atoms with van der Waals surface area (Å²) in [4.78, 5) is 13.0. The molecule has 1 rings (SSSR count). The number of halogens is 2. The average molecular weight is 257 g/mol. The summed E-state index contributed by atoms with van der Waals surface area (Å²) >= 11 is 0. The molecule has 1 atom stereocenters. The van der Waals surface area contributed by atoms with Crippen molar-refractivity contribution in [1.29, 1.82) is 0 Å². The summed E-state index contributed by atoms with van der Waals surface area (Å²) in [6.07, 6.45) is 0. The van der Waals surface area contributed by atoms with Crippen LogP contribution in [0.5, 0.6) is 0 Å². The number of benzene rings is 1. The van der Waals surface area contributed by atoms with Gasteiger partial charge in [0.25, 0.3) is 0 Å². The van der Waals surface area contributed by atoms with Crippen molar-refractivity contribution in [2.24, 2.45) is 0 Å². The molecule has 0 heterocycles. The van der Waals surface area contributed by atoms with Crippen molar-refractivity contribution >= 4 is 5.97 Å². The van der Waals surface area contributed by atoms with Crippen LogP contribution in [0.1, 0.15) is 25.5 Å². The Labute approximate surface area is 105 Å². The number of ether oxygens (including phenoxy) is 1. The Balaban J connectivity index is 2.70. The van der Waals surface area contributed by atoms with Gasteiger partial charge in [-0.1, -0.05) is 6.07 Å². The number of rotatable bonds is 5. The summed E-state index contributed by atoms with van der Waals surface area (Å²) in [6.45, 7) is 3.98. The van der Waals surface area contributed by atoms with Gasteiger partial charge in [0.2, 0.25) is 0 Å². The molecule has 0 radical (unpaired) electrons. The lowest BCUT2D eigenvalue weighted by Gasteiger charge is -2.24. The van der Waals surface area contributed by atoms with E-state index in [1.54, 1.807) is 18.9 Å². The van der Waals surface area contributed by atoms with Crippen LogP contribution in [0.15, 0.2) is 18.2 Å². The monoisotopic (exact) mass is 257 g/mol. The first-order valence-electron chi connectivity index (χ1n) is 5.76. The van der Waals surface area contributed by atoms with Crippen LogP contribution >= 0.6 is 0 Å². The minimum absolute atomic E-state index is 0.105. The third kappa shape index (κ3) is 3.77. The molecule has 0 aliphatic carbocycles. The molecular formula is C13H17F2NO2. The molecule has 0 aromatic heterocycles. The Hall–Kier alpha value is -1.49. The van der Waals surface area contributed by atoms with Gasteiger partial charge in [0.15, 0.2) is 11.6 Å². The Morgan fingerprint density at radius 3 is 2.61 bits per heavy atom. The summed E-state index contributed by atoms with van der Waals surface area (Å²) in [5.41, 5.74) is 0.612. The SMILES string of the molecule is CCOC(=O)CN(C)C(C)c1ccc(F)c(F)c1. The van der Waals surface area contributed by atoms with Crippen LogP contribution in [0.2, 0.25) is 0 Å². The van der Waals surface area contributed by atoms with Gasteiger partial charge in [0.1, 0.15) is 0 Å². The largest absolute Gasteiger partial charge is 0.465 e. The molecule has 5 heteroatoms. The standard InChI is InChI=1S/C13H17F2NO2/c1-4-18-13(17)8-16(3)9(2)10-5-6-11(14)12(15)7-10/h5-7,9H,4,8H2,1-3H3. The first-order chi connectivity index (χ1) is 8.45. The molecule has 0 fully saturated rings. The molecule has 3 nitrogen and oxygen atoms in total. The van der Waals surface area contributed by atoms with Gasteiger partial charge < -0.3 is 4.74 Å². The zero-order valence-corrected chi connectivity index (χ0v) is 10.7. The van der Waals surface area contributed by atoms with Crippen molar-refractivity contribution in [3.8, 4) is 0 Å². The third-order valence-corrected chi connectivity index (χ3v) is 2.77. The van der Waals surface area contributed by atoms with Crippen molar-refractivity contribution in [3.05, 3.63) is 35.4 Å². The van der Waals surface area contributed by atoms with Gasteiger partial charge in [0.05, 0.1) is 13.2 Å². The van der Waals surface area contributed by atoms with Crippen molar-refractivity contribution in [3.63, 3.8) is 0 Å². The lowest BCUT2D eigenvalue weighted by atomic mass is 10.1. The fraction of sp³-hybridized carbons (Fsp3) is 0.462. The zero-order valence-electron chi connectivity index (χ0n) is 10.7. The van der Waals surface area contributed by atoms with E-state index < -0.39 is 11.6 Å². The predicted molar refractivity (Wildman–Crippen MR) is 64.0 cm³/mol. The molecule has 0 bridgehead atoms. The molecule has 1 aromatic rings. The zero-order chi connectivity index (χ0) is 13.7. The molecule has 0 aliphatic heterocycles. The molecule has 1 unspecified atom stereocenters. The van der Waals surface area contributed by atoms with Crippen LogP contribution in [-0.2, 0) is 9.53 Å². The molecule has 18 heavy (non-hydrogen) atoms. The normalized spacial score (nSPS) is 12.6. The average Bonchev–Trinajstić information content (AvgIpc) is 2.32. The van der Waals surface area contributed by atoms with E-state index in [1.807, 2.05) is 6.92 Å². The lowest BCUT2D eigenvalue weighted by molar-refractivity contribution is -0.144. The van der Waals surface area contributed by atoms with Crippen molar-refractivity contribution < 1.29 is 18.3 Å². The molecule has 0 N–H and O–H groups in total. The van der Waals surface area contributed by atoms with E-state index >= 15 is 0 Å². The van der Waals surface area contributed by atoms with E-state index in [1.165, 1.54) is 6.07 Å². The number of carbonyl (C=O) groups is 1. The van der Waals surface area contributed by atoms with Gasteiger partial charge in [-0.3, -0.25) is 9.69 Å². The second kappa shape index (κ2) is 6.44. The Morgan fingerprint density at radius 1 is 1.39 bits per heavy atom. The van der Waals surface area contributed by atoms with Gasteiger partial charge in [-0.25, -0.2) is 8.78 Å². The van der Waals surface area contributed by atoms with Gasteiger partial charge in [0, 0.05) is 6.04 Å². The Kier molecular flexibility index (Phi) is 5.22. The fourth-order valence-corrected chi connectivity index (χ4v) is 1.57. The number of hydrogen-bond acceptors (Lipinski definition) is 3. The molecule has 0 saturated carbocycles. The second-order valence-electron chi connectivity index (χ2n) is 4.07. The quantitative estimate of drug-likeness (QED) is 0.759. The fourth-order valence-electron chi connectivity index (χ4n) is 1.57. The van der Waals surface area contributed by atoms with Crippen LogP contribution in [0.25, 0.3) is 0 Å². The molecule has 0 aliphatic rings. The maximum atomic E-state index is 13.1. The minimum Gasteiger partial charge on any atom is -0.465 e. The van der Waals surface area contributed by atoms with Crippen LogP contribution in [0.4, 0.5) is 8.78 Å². The van der Waals surface area contributed by atoms with Crippen LogP contribution in [0.3, 0.4) is 0 Å². The molecule has 0 spiro atoms. The minimum atomic E-state index is -0.885. The van der Waals surface area contributed by atoms with Gasteiger partial charge >= 0.3 is 5.97 Å². The molecule has 0 saturated heterocycles. The number of likely N-dealkylation sites (N-methyl/N-ethyl adjacent to an activating group) is 1. The maximum absolute atomic E-state index is 13.1. The molecular weight excluding hydrogens is 240 g/mol. The Bertz CT molecular complexity index is 423. The van der Waals surface area contributed by atoms with Crippen molar-refractivity contribution in [2.45, 2.75) is 19.9 Å². The highest BCUT2D eigenvalue weighted by molar-refractivity contribution is 5.71. The highest BCUT2D eigenvalue weighted by Gasteiger charge is 2.16. The lowest BCUT2D eigenvalue weighted by Crippen LogP contribution is -2.30. The van der Waals surface area contributed by atoms with Gasteiger partial charge in [-0.05, 0) is 38.6 Å². The van der Waals surface area contributed by atoms with E-state index in [0.717, 1.165) is 12.1 Å². The van der Waals surface area contributed by atoms with E-state index in [-0.39, 0.29) is 18.6 Å². The number of carbonyl (C=O) groups excluding carboxylic acids is 1. The first-order valence-corrected chi connectivity index (χ1v) is 5.76. The summed E-state index contributed by atoms with van der Waals surface area (Å²) in [6, 6.07) is 3.52. The topological polar surface area (TPSA) is 29.5 Å². The van der Waals surface area contributed by atoms with Gasteiger partial charge in [-0.2, -0.15) is 0 Å². The molecule has 1 aromatic carbocycles. The number of hydrogen-bond donors (Lipinski definition) is 0. The maximum Gasteiger partial charge on any atom is 0.320 e. The summed E-state index contributed by atoms with van der Waals surface area (Å²) < 4.78 is 30.7. The molecule has 100 valence electrons. The first kappa shape index (κ1) is 14.6. The highest BCUT2D eigenvalue weighted by Crippen LogP contribution is 2.20. The molecule has 0 amide bonds. The van der Waals surface area contributed by atoms with Crippen LogP contribution in [-0.4, -0.2) is 31.1 Å². The second-order valence-corrected chi connectivity index (χ2v) is 4.07. The summed E-state index contributed by atoms with van der Waals surface area (Å²) in [5, 5.41) is 0. The van der Waals surface area contributed by atoms with Crippen LogP contribution in [0, 0.1) is 11.6 Å². The Morgan fingerprint density at radius 2 is 2.06 bits per heavy atom. The third-order valence-electron chi connectivity index (χ3n) is 2.77. The number of nitrogens with zero attached hydrogens (tertiary/aromatic N) is 1. The van der Waals surface area contributed by atoms with Gasteiger partial charge in [-0.15, -0.1) is 0 Å². The summed E-state index contributed by atoms with van der Waals surface area (Å²) in [7, 11) is 1.73. The number of esters is 1. The van der Waals surface area contributed by atoms with Crippen LogP contribution < -0.4 is 0 Å². The van der Waals surface area contributed by atoms with E-state index in [2.05, 4.69) is 0 Å². The van der Waals surface area contributed by atoms with Crippen molar-refractivity contribution in [2.75, 3.05) is 20.2 Å². The van der Waals surface area contributed by atoms with Crippen molar-refractivity contribution in [1.82, 2.24) is 4.90 Å². The smallest absolute Gasteiger partial charge is 0.320 e.